The predicted octanol–water partition coefficient (Wildman–Crippen LogP) is 3.22. The van der Waals surface area contributed by atoms with Crippen LogP contribution in [0.4, 0.5) is 0 Å². The number of methoxy groups -OCH3 is 2. The van der Waals surface area contributed by atoms with Crippen molar-refractivity contribution in [3.63, 3.8) is 0 Å². The van der Waals surface area contributed by atoms with Crippen LogP contribution in [0.25, 0.3) is 6.08 Å². The van der Waals surface area contributed by atoms with E-state index < -0.39 is 0 Å². The van der Waals surface area contributed by atoms with Gasteiger partial charge in [-0.3, -0.25) is 4.79 Å². The van der Waals surface area contributed by atoms with Crippen LogP contribution in [0.1, 0.15) is 11.1 Å². The molecule has 0 fully saturated rings. The number of rotatable bonds is 8. The van der Waals surface area contributed by atoms with Crippen molar-refractivity contribution < 1.29 is 19.0 Å². The summed E-state index contributed by atoms with van der Waals surface area (Å²) in [6.07, 6.45) is 3.15. The first kappa shape index (κ1) is 18.4. The van der Waals surface area contributed by atoms with Crippen LogP contribution in [0.15, 0.2) is 48.5 Å². The second kappa shape index (κ2) is 9.37. The molecule has 0 saturated heterocycles. The maximum Gasteiger partial charge on any atom is 0.244 e. The van der Waals surface area contributed by atoms with E-state index in [-0.39, 0.29) is 5.91 Å². The standard InChI is InChI=1S/C20H23NO4/c1-15-5-4-6-18(13-15)25-12-11-21-20(22)10-7-16-14-17(23-2)8-9-19(16)24-3/h4-10,13-14H,11-12H2,1-3H3,(H,21,22)/b10-7+. The SMILES string of the molecule is COc1ccc(OC)c(/C=C/C(=O)NCCOc2cccc(C)c2)c1. The first-order valence-corrected chi connectivity index (χ1v) is 8.00. The van der Waals surface area contributed by atoms with Gasteiger partial charge in [-0.25, -0.2) is 0 Å². The molecule has 25 heavy (non-hydrogen) atoms. The van der Waals surface area contributed by atoms with E-state index >= 15 is 0 Å². The summed E-state index contributed by atoms with van der Waals surface area (Å²) in [6, 6.07) is 13.2. The van der Waals surface area contributed by atoms with Gasteiger partial charge < -0.3 is 19.5 Å². The van der Waals surface area contributed by atoms with E-state index in [1.165, 1.54) is 6.08 Å². The van der Waals surface area contributed by atoms with Crippen molar-refractivity contribution in [1.82, 2.24) is 5.32 Å². The lowest BCUT2D eigenvalue weighted by atomic mass is 10.1. The molecule has 2 rings (SSSR count). The van der Waals surface area contributed by atoms with E-state index in [0.29, 0.717) is 24.7 Å². The number of aryl methyl sites for hydroxylation is 1. The molecule has 0 aliphatic rings. The molecule has 0 bridgehead atoms. The van der Waals surface area contributed by atoms with Crippen LogP contribution in [0, 0.1) is 6.92 Å². The Kier molecular flexibility index (Phi) is 6.89. The Balaban J connectivity index is 1.82. The van der Waals surface area contributed by atoms with Crippen LogP contribution in [-0.4, -0.2) is 33.3 Å². The second-order valence-electron chi connectivity index (χ2n) is 5.40. The summed E-state index contributed by atoms with van der Waals surface area (Å²) in [5.41, 5.74) is 1.91. The number of carbonyl (C=O) groups is 1. The van der Waals surface area contributed by atoms with Crippen LogP contribution in [0.2, 0.25) is 0 Å². The third-order valence-corrected chi connectivity index (χ3v) is 3.51. The maximum absolute atomic E-state index is 11.9. The minimum atomic E-state index is -0.197. The Labute approximate surface area is 148 Å². The van der Waals surface area contributed by atoms with E-state index in [0.717, 1.165) is 16.9 Å². The molecule has 0 radical (unpaired) electrons. The quantitative estimate of drug-likeness (QED) is 0.592. The average Bonchev–Trinajstić information content (AvgIpc) is 2.63. The number of nitrogens with one attached hydrogen (secondary N) is 1. The highest BCUT2D eigenvalue weighted by atomic mass is 16.5. The molecular formula is C20H23NO4. The van der Waals surface area contributed by atoms with Crippen molar-refractivity contribution in [2.75, 3.05) is 27.4 Å². The Morgan fingerprint density at radius 2 is 1.92 bits per heavy atom. The zero-order chi connectivity index (χ0) is 18.1. The lowest BCUT2D eigenvalue weighted by molar-refractivity contribution is -0.116. The highest BCUT2D eigenvalue weighted by Gasteiger charge is 2.03. The van der Waals surface area contributed by atoms with Gasteiger partial charge in [0.1, 0.15) is 23.9 Å². The number of carbonyl (C=O) groups excluding carboxylic acids is 1. The molecule has 2 aromatic carbocycles. The zero-order valence-corrected chi connectivity index (χ0v) is 14.7. The Morgan fingerprint density at radius 3 is 2.64 bits per heavy atom. The lowest BCUT2D eigenvalue weighted by Gasteiger charge is -2.08. The van der Waals surface area contributed by atoms with Gasteiger partial charge in [0, 0.05) is 11.6 Å². The summed E-state index contributed by atoms with van der Waals surface area (Å²) >= 11 is 0. The molecule has 5 nitrogen and oxygen atoms in total. The first-order chi connectivity index (χ1) is 12.1. The van der Waals surface area contributed by atoms with Gasteiger partial charge in [0.15, 0.2) is 0 Å². The fourth-order valence-electron chi connectivity index (χ4n) is 2.24. The van der Waals surface area contributed by atoms with E-state index in [2.05, 4.69) is 5.32 Å². The van der Waals surface area contributed by atoms with Crippen LogP contribution >= 0.6 is 0 Å². The molecule has 0 aliphatic carbocycles. The topological polar surface area (TPSA) is 56.8 Å². The third-order valence-electron chi connectivity index (χ3n) is 3.51. The molecule has 0 heterocycles. The van der Waals surface area contributed by atoms with Crippen molar-refractivity contribution in [1.29, 1.82) is 0 Å². The molecule has 1 amide bonds. The average molecular weight is 341 g/mol. The van der Waals surface area contributed by atoms with Gasteiger partial charge in [-0.2, -0.15) is 0 Å². The minimum absolute atomic E-state index is 0.197. The molecule has 5 heteroatoms. The van der Waals surface area contributed by atoms with Crippen molar-refractivity contribution in [3.05, 3.63) is 59.7 Å². The number of ether oxygens (including phenoxy) is 3. The van der Waals surface area contributed by atoms with Gasteiger partial charge in [0.25, 0.3) is 0 Å². The third kappa shape index (κ3) is 5.88. The second-order valence-corrected chi connectivity index (χ2v) is 5.40. The van der Waals surface area contributed by atoms with Crippen molar-refractivity contribution in [2.45, 2.75) is 6.92 Å². The van der Waals surface area contributed by atoms with Crippen LogP contribution in [0.3, 0.4) is 0 Å². The monoisotopic (exact) mass is 341 g/mol. The highest BCUT2D eigenvalue weighted by molar-refractivity contribution is 5.92. The molecule has 0 saturated carbocycles. The molecule has 132 valence electrons. The van der Waals surface area contributed by atoms with Gasteiger partial charge in [0.2, 0.25) is 5.91 Å². The number of hydrogen-bond acceptors (Lipinski definition) is 4. The molecule has 0 aromatic heterocycles. The van der Waals surface area contributed by atoms with Gasteiger partial charge in [0.05, 0.1) is 20.8 Å². The molecule has 0 unspecified atom stereocenters. The minimum Gasteiger partial charge on any atom is -0.497 e. The van der Waals surface area contributed by atoms with Gasteiger partial charge in [-0.1, -0.05) is 12.1 Å². The lowest BCUT2D eigenvalue weighted by Crippen LogP contribution is -2.26. The fourth-order valence-corrected chi connectivity index (χ4v) is 2.24. The van der Waals surface area contributed by atoms with Crippen LogP contribution < -0.4 is 19.5 Å². The number of benzene rings is 2. The van der Waals surface area contributed by atoms with E-state index in [1.54, 1.807) is 32.4 Å². The number of amides is 1. The summed E-state index contributed by atoms with van der Waals surface area (Å²) in [7, 11) is 3.18. The summed E-state index contributed by atoms with van der Waals surface area (Å²) in [4.78, 5) is 11.9. The Morgan fingerprint density at radius 1 is 1.08 bits per heavy atom. The normalized spacial score (nSPS) is 10.5. The van der Waals surface area contributed by atoms with Crippen LogP contribution in [-0.2, 0) is 4.79 Å². The molecule has 0 aliphatic heterocycles. The molecule has 2 aromatic rings. The van der Waals surface area contributed by atoms with Crippen molar-refractivity contribution in [2.24, 2.45) is 0 Å². The van der Waals surface area contributed by atoms with Crippen molar-refractivity contribution in [3.8, 4) is 17.2 Å². The van der Waals surface area contributed by atoms with Gasteiger partial charge in [-0.05, 0) is 48.9 Å². The fraction of sp³-hybridized carbons (Fsp3) is 0.250. The maximum atomic E-state index is 11.9. The van der Waals surface area contributed by atoms with E-state index in [1.807, 2.05) is 37.3 Å². The Bertz CT molecular complexity index is 740. The van der Waals surface area contributed by atoms with Crippen molar-refractivity contribution >= 4 is 12.0 Å². The van der Waals surface area contributed by atoms with E-state index in [9.17, 15) is 4.79 Å². The summed E-state index contributed by atoms with van der Waals surface area (Å²) < 4.78 is 16.1. The molecule has 0 spiro atoms. The molecule has 0 atom stereocenters. The predicted molar refractivity (Wildman–Crippen MR) is 98.3 cm³/mol. The summed E-state index contributed by atoms with van der Waals surface area (Å²) in [5, 5.41) is 2.78. The molecule has 1 N–H and O–H groups in total. The first-order valence-electron chi connectivity index (χ1n) is 8.00. The van der Waals surface area contributed by atoms with Gasteiger partial charge in [-0.15, -0.1) is 0 Å². The zero-order valence-electron chi connectivity index (χ0n) is 14.7. The largest absolute Gasteiger partial charge is 0.497 e. The molecular weight excluding hydrogens is 318 g/mol. The highest BCUT2D eigenvalue weighted by Crippen LogP contribution is 2.24. The number of hydrogen-bond donors (Lipinski definition) is 1. The van der Waals surface area contributed by atoms with Gasteiger partial charge >= 0.3 is 0 Å². The Hall–Kier alpha value is -2.95. The summed E-state index contributed by atoms with van der Waals surface area (Å²) in [5.74, 6) is 1.98. The smallest absolute Gasteiger partial charge is 0.244 e. The van der Waals surface area contributed by atoms with E-state index in [4.69, 9.17) is 14.2 Å². The van der Waals surface area contributed by atoms with Crippen LogP contribution in [0.5, 0.6) is 17.2 Å². The summed E-state index contributed by atoms with van der Waals surface area (Å²) in [6.45, 7) is 2.84.